The zero-order valence-corrected chi connectivity index (χ0v) is 16.1. The number of amides is 1. The molecule has 1 aliphatic carbocycles. The van der Waals surface area contributed by atoms with Gasteiger partial charge in [-0.25, -0.2) is 0 Å². The Labute approximate surface area is 162 Å². The van der Waals surface area contributed by atoms with Gasteiger partial charge < -0.3 is 5.32 Å². The zero-order chi connectivity index (χ0) is 18.5. The van der Waals surface area contributed by atoms with Gasteiger partial charge in [0.15, 0.2) is 0 Å². The molecule has 3 heteroatoms. The van der Waals surface area contributed by atoms with E-state index in [1.807, 2.05) is 12.1 Å². The number of carbonyl (C=O) groups is 1. The van der Waals surface area contributed by atoms with Crippen LogP contribution in [0, 0.1) is 5.92 Å². The van der Waals surface area contributed by atoms with Crippen LogP contribution in [0.25, 0.3) is 0 Å². The lowest BCUT2D eigenvalue weighted by atomic mass is 9.89. The van der Waals surface area contributed by atoms with Gasteiger partial charge in [-0.05, 0) is 54.0 Å². The molecule has 0 spiro atoms. The van der Waals surface area contributed by atoms with Crippen LogP contribution in [0.4, 0.5) is 0 Å². The van der Waals surface area contributed by atoms with Crippen LogP contribution in [0.2, 0.25) is 0 Å². The van der Waals surface area contributed by atoms with E-state index in [0.717, 1.165) is 38.2 Å². The van der Waals surface area contributed by atoms with Crippen molar-refractivity contribution < 1.29 is 4.79 Å². The third kappa shape index (κ3) is 4.78. The molecule has 1 amide bonds. The molecule has 0 unspecified atom stereocenters. The first kappa shape index (κ1) is 18.2. The number of hydrogen-bond donors (Lipinski definition) is 1. The summed E-state index contributed by atoms with van der Waals surface area (Å²) in [4.78, 5) is 14.9. The van der Waals surface area contributed by atoms with Crippen molar-refractivity contribution in [3.8, 4) is 0 Å². The van der Waals surface area contributed by atoms with Crippen molar-refractivity contribution in [2.75, 3.05) is 13.1 Å². The normalized spacial score (nSPS) is 18.1. The van der Waals surface area contributed by atoms with Crippen LogP contribution < -0.4 is 5.32 Å². The lowest BCUT2D eigenvalue weighted by molar-refractivity contribution is 0.0943. The molecule has 3 nitrogen and oxygen atoms in total. The molecule has 2 aromatic rings. The van der Waals surface area contributed by atoms with E-state index in [-0.39, 0.29) is 5.91 Å². The Morgan fingerprint density at radius 2 is 1.70 bits per heavy atom. The molecule has 1 fully saturated rings. The van der Waals surface area contributed by atoms with Crippen LogP contribution >= 0.6 is 0 Å². The highest BCUT2D eigenvalue weighted by Gasteiger charge is 2.17. The van der Waals surface area contributed by atoms with Crippen LogP contribution in [-0.4, -0.2) is 23.9 Å². The van der Waals surface area contributed by atoms with Crippen LogP contribution in [0.5, 0.6) is 0 Å². The highest BCUT2D eigenvalue weighted by Crippen LogP contribution is 2.23. The molecule has 1 saturated carbocycles. The van der Waals surface area contributed by atoms with Crippen molar-refractivity contribution in [2.45, 2.75) is 51.6 Å². The summed E-state index contributed by atoms with van der Waals surface area (Å²) in [5.41, 5.74) is 4.98. The predicted molar refractivity (Wildman–Crippen MR) is 110 cm³/mol. The van der Waals surface area contributed by atoms with E-state index in [4.69, 9.17) is 0 Å². The fraction of sp³-hybridized carbons (Fsp3) is 0.458. The zero-order valence-electron chi connectivity index (χ0n) is 16.1. The Morgan fingerprint density at radius 3 is 2.48 bits per heavy atom. The van der Waals surface area contributed by atoms with E-state index < -0.39 is 0 Å². The van der Waals surface area contributed by atoms with Gasteiger partial charge in [0.05, 0.1) is 0 Å². The van der Waals surface area contributed by atoms with Crippen LogP contribution in [0.1, 0.15) is 59.2 Å². The van der Waals surface area contributed by atoms with Crippen LogP contribution in [0.3, 0.4) is 0 Å². The molecular weight excluding hydrogens is 332 g/mol. The summed E-state index contributed by atoms with van der Waals surface area (Å²) in [6.07, 6.45) is 7.63. The van der Waals surface area contributed by atoms with Crippen molar-refractivity contribution in [2.24, 2.45) is 5.92 Å². The highest BCUT2D eigenvalue weighted by molar-refractivity contribution is 5.94. The number of benzene rings is 2. The SMILES string of the molecule is O=C(NCC1CCCCC1)c1ccc(CN2CCc3ccccc3C2)cc1. The number of rotatable bonds is 5. The molecule has 0 saturated heterocycles. The Morgan fingerprint density at radius 1 is 0.963 bits per heavy atom. The standard InChI is InChI=1S/C24H30N2O/c27-24(25-16-19-6-2-1-3-7-19)22-12-10-20(11-13-22)17-26-15-14-21-8-4-5-9-23(21)18-26/h4-5,8-13,19H,1-3,6-7,14-18H2,(H,25,27). The smallest absolute Gasteiger partial charge is 0.251 e. The van der Waals surface area contributed by atoms with Gasteiger partial charge in [0.2, 0.25) is 0 Å². The third-order valence-corrected chi connectivity index (χ3v) is 6.11. The Balaban J connectivity index is 1.29. The molecule has 142 valence electrons. The van der Waals surface area contributed by atoms with Gasteiger partial charge >= 0.3 is 0 Å². The van der Waals surface area contributed by atoms with Crippen molar-refractivity contribution >= 4 is 5.91 Å². The first-order valence-electron chi connectivity index (χ1n) is 10.4. The minimum Gasteiger partial charge on any atom is -0.352 e. The van der Waals surface area contributed by atoms with Gasteiger partial charge in [0.1, 0.15) is 0 Å². The second kappa shape index (κ2) is 8.71. The molecule has 27 heavy (non-hydrogen) atoms. The molecule has 0 bridgehead atoms. The number of nitrogens with one attached hydrogen (secondary N) is 1. The van der Waals surface area contributed by atoms with E-state index in [1.165, 1.54) is 48.8 Å². The summed E-state index contributed by atoms with van der Waals surface area (Å²) in [5, 5.41) is 3.13. The van der Waals surface area contributed by atoms with Gasteiger partial charge in [-0.2, -0.15) is 0 Å². The van der Waals surface area contributed by atoms with Gasteiger partial charge in [-0.15, -0.1) is 0 Å². The largest absolute Gasteiger partial charge is 0.352 e. The molecule has 0 aromatic heterocycles. The van der Waals surface area contributed by atoms with Crippen LogP contribution in [0.15, 0.2) is 48.5 Å². The summed E-state index contributed by atoms with van der Waals surface area (Å²) in [5.74, 6) is 0.739. The number of hydrogen-bond acceptors (Lipinski definition) is 2. The monoisotopic (exact) mass is 362 g/mol. The second-order valence-electron chi connectivity index (χ2n) is 8.14. The lowest BCUT2D eigenvalue weighted by Gasteiger charge is -2.28. The maximum absolute atomic E-state index is 12.4. The third-order valence-electron chi connectivity index (χ3n) is 6.11. The van der Waals surface area contributed by atoms with Crippen molar-refractivity contribution in [3.05, 3.63) is 70.8 Å². The van der Waals surface area contributed by atoms with E-state index >= 15 is 0 Å². The molecule has 0 atom stereocenters. The minimum atomic E-state index is 0.0685. The summed E-state index contributed by atoms with van der Waals surface area (Å²) in [6, 6.07) is 16.9. The van der Waals surface area contributed by atoms with Gasteiger partial charge in [-0.1, -0.05) is 55.7 Å². The molecule has 0 radical (unpaired) electrons. The number of fused-ring (bicyclic) bond motifs is 1. The summed E-state index contributed by atoms with van der Waals surface area (Å²) >= 11 is 0. The van der Waals surface area contributed by atoms with Crippen molar-refractivity contribution in [1.82, 2.24) is 10.2 Å². The maximum Gasteiger partial charge on any atom is 0.251 e. The second-order valence-corrected chi connectivity index (χ2v) is 8.14. The summed E-state index contributed by atoms with van der Waals surface area (Å²) < 4.78 is 0. The fourth-order valence-electron chi connectivity index (χ4n) is 4.44. The average Bonchev–Trinajstić information content (AvgIpc) is 2.73. The number of carbonyl (C=O) groups excluding carboxylic acids is 1. The van der Waals surface area contributed by atoms with E-state index in [2.05, 4.69) is 46.6 Å². The molecule has 2 aliphatic rings. The Hall–Kier alpha value is -2.13. The van der Waals surface area contributed by atoms with Gasteiger partial charge in [0, 0.05) is 31.7 Å². The fourth-order valence-corrected chi connectivity index (χ4v) is 4.44. The van der Waals surface area contributed by atoms with Crippen molar-refractivity contribution in [1.29, 1.82) is 0 Å². The first-order chi connectivity index (χ1) is 13.3. The Kier molecular flexibility index (Phi) is 5.88. The van der Waals surface area contributed by atoms with Crippen LogP contribution in [-0.2, 0) is 19.5 Å². The van der Waals surface area contributed by atoms with E-state index in [1.54, 1.807) is 0 Å². The molecule has 1 heterocycles. The lowest BCUT2D eigenvalue weighted by Crippen LogP contribution is -2.30. The van der Waals surface area contributed by atoms with E-state index in [0.29, 0.717) is 5.92 Å². The highest BCUT2D eigenvalue weighted by atomic mass is 16.1. The van der Waals surface area contributed by atoms with Crippen molar-refractivity contribution in [3.63, 3.8) is 0 Å². The van der Waals surface area contributed by atoms with E-state index in [9.17, 15) is 4.79 Å². The molecule has 2 aromatic carbocycles. The minimum absolute atomic E-state index is 0.0685. The van der Waals surface area contributed by atoms with Gasteiger partial charge in [-0.3, -0.25) is 9.69 Å². The summed E-state index contributed by atoms with van der Waals surface area (Å²) in [6.45, 7) is 3.88. The van der Waals surface area contributed by atoms with Gasteiger partial charge in [0.25, 0.3) is 5.91 Å². The molecule has 4 rings (SSSR count). The maximum atomic E-state index is 12.4. The quantitative estimate of drug-likeness (QED) is 0.846. The molecule has 1 aliphatic heterocycles. The average molecular weight is 363 g/mol. The first-order valence-corrected chi connectivity index (χ1v) is 10.4. The summed E-state index contributed by atoms with van der Waals surface area (Å²) in [7, 11) is 0. The predicted octanol–water partition coefficient (Wildman–Crippen LogP) is 4.56. The number of nitrogens with zero attached hydrogens (tertiary/aromatic N) is 1. The molecular formula is C24H30N2O. The topological polar surface area (TPSA) is 32.3 Å². The Bertz CT molecular complexity index is 762. The molecule has 1 N–H and O–H groups in total.